The Labute approximate surface area is 74.1 Å². The number of hydrogen-bond acceptors (Lipinski definition) is 1. The quantitative estimate of drug-likeness (QED) is 0.718. The highest BCUT2D eigenvalue weighted by Crippen LogP contribution is 2.09. The zero-order valence-electron chi connectivity index (χ0n) is 7.72. The molecule has 1 rings (SSSR count). The Morgan fingerprint density at radius 1 is 1.33 bits per heavy atom. The summed E-state index contributed by atoms with van der Waals surface area (Å²) in [5, 5.41) is 3.08. The standard InChI is InChI=1S/C11H15N/c1-4-12-8-11-6-5-9(2)10(3)7-11/h4-7,12H,1,8H2,2-3H3. The first-order valence-corrected chi connectivity index (χ1v) is 4.14. The van der Waals surface area contributed by atoms with Gasteiger partial charge in [0.1, 0.15) is 0 Å². The van der Waals surface area contributed by atoms with Gasteiger partial charge in [-0.3, -0.25) is 0 Å². The largest absolute Gasteiger partial charge is 0.387 e. The molecule has 1 nitrogen and oxygen atoms in total. The lowest BCUT2D eigenvalue weighted by Crippen LogP contribution is -2.03. The highest BCUT2D eigenvalue weighted by molar-refractivity contribution is 5.29. The fourth-order valence-electron chi connectivity index (χ4n) is 1.10. The minimum Gasteiger partial charge on any atom is -0.387 e. The van der Waals surface area contributed by atoms with E-state index in [1.165, 1.54) is 16.7 Å². The monoisotopic (exact) mass is 161 g/mol. The number of benzene rings is 1. The molecule has 0 saturated carbocycles. The minimum atomic E-state index is 0.866. The third-order valence-electron chi connectivity index (χ3n) is 2.02. The minimum absolute atomic E-state index is 0.866. The van der Waals surface area contributed by atoms with E-state index in [0.29, 0.717) is 0 Å². The van der Waals surface area contributed by atoms with E-state index in [0.717, 1.165) is 6.54 Å². The molecule has 0 amide bonds. The topological polar surface area (TPSA) is 12.0 Å². The van der Waals surface area contributed by atoms with Gasteiger partial charge in [0.15, 0.2) is 0 Å². The van der Waals surface area contributed by atoms with Crippen molar-refractivity contribution in [1.82, 2.24) is 5.32 Å². The van der Waals surface area contributed by atoms with Gasteiger partial charge in [-0.05, 0) is 36.7 Å². The van der Waals surface area contributed by atoms with Crippen molar-refractivity contribution >= 4 is 0 Å². The smallest absolute Gasteiger partial charge is 0.0395 e. The molecule has 0 radical (unpaired) electrons. The molecule has 0 fully saturated rings. The highest BCUT2D eigenvalue weighted by Gasteiger charge is 1.93. The van der Waals surface area contributed by atoms with E-state index in [4.69, 9.17) is 0 Å². The molecule has 0 spiro atoms. The van der Waals surface area contributed by atoms with Crippen molar-refractivity contribution < 1.29 is 0 Å². The number of nitrogens with one attached hydrogen (secondary N) is 1. The molecule has 0 aliphatic rings. The number of hydrogen-bond donors (Lipinski definition) is 1. The first-order valence-electron chi connectivity index (χ1n) is 4.14. The van der Waals surface area contributed by atoms with Crippen LogP contribution < -0.4 is 5.32 Å². The summed E-state index contributed by atoms with van der Waals surface area (Å²) in [6.45, 7) is 8.73. The average molecular weight is 161 g/mol. The van der Waals surface area contributed by atoms with Crippen molar-refractivity contribution in [3.05, 3.63) is 47.7 Å². The number of aryl methyl sites for hydroxylation is 2. The Morgan fingerprint density at radius 2 is 2.08 bits per heavy atom. The van der Waals surface area contributed by atoms with Gasteiger partial charge in [-0.2, -0.15) is 0 Å². The Bertz CT molecular complexity index is 276. The average Bonchev–Trinajstić information content (AvgIpc) is 2.07. The molecule has 0 aliphatic carbocycles. The second-order valence-electron chi connectivity index (χ2n) is 3.00. The van der Waals surface area contributed by atoms with E-state index >= 15 is 0 Å². The van der Waals surface area contributed by atoms with Crippen LogP contribution in [-0.4, -0.2) is 0 Å². The molecule has 1 aromatic carbocycles. The third-order valence-corrected chi connectivity index (χ3v) is 2.02. The first kappa shape index (κ1) is 8.85. The Hall–Kier alpha value is -1.24. The summed E-state index contributed by atoms with van der Waals surface area (Å²) < 4.78 is 0. The summed E-state index contributed by atoms with van der Waals surface area (Å²) in [7, 11) is 0. The second-order valence-corrected chi connectivity index (χ2v) is 3.00. The van der Waals surface area contributed by atoms with Crippen molar-refractivity contribution in [2.75, 3.05) is 0 Å². The van der Waals surface area contributed by atoms with Crippen molar-refractivity contribution in [2.24, 2.45) is 0 Å². The summed E-state index contributed by atoms with van der Waals surface area (Å²) in [5.74, 6) is 0. The predicted octanol–water partition coefficient (Wildman–Crippen LogP) is 2.54. The highest BCUT2D eigenvalue weighted by atomic mass is 14.8. The summed E-state index contributed by atoms with van der Waals surface area (Å²) in [4.78, 5) is 0. The molecule has 1 aromatic rings. The normalized spacial score (nSPS) is 9.50. The first-order chi connectivity index (χ1) is 5.74. The van der Waals surface area contributed by atoms with Crippen molar-refractivity contribution in [3.8, 4) is 0 Å². The Morgan fingerprint density at radius 3 is 2.67 bits per heavy atom. The van der Waals surface area contributed by atoms with Gasteiger partial charge in [-0.15, -0.1) is 0 Å². The SMILES string of the molecule is C=CNCc1ccc(C)c(C)c1. The van der Waals surface area contributed by atoms with E-state index in [-0.39, 0.29) is 0 Å². The summed E-state index contributed by atoms with van der Waals surface area (Å²) in [5.41, 5.74) is 3.99. The van der Waals surface area contributed by atoms with Crippen LogP contribution in [0.2, 0.25) is 0 Å². The molecule has 0 heterocycles. The second kappa shape index (κ2) is 3.96. The van der Waals surface area contributed by atoms with Crippen LogP contribution in [0.5, 0.6) is 0 Å². The summed E-state index contributed by atoms with van der Waals surface area (Å²) in [6.07, 6.45) is 1.72. The van der Waals surface area contributed by atoms with E-state index in [1.807, 2.05) is 0 Å². The predicted molar refractivity (Wildman–Crippen MR) is 53.0 cm³/mol. The van der Waals surface area contributed by atoms with Crippen LogP contribution in [0, 0.1) is 13.8 Å². The molecule has 1 N–H and O–H groups in total. The van der Waals surface area contributed by atoms with E-state index in [2.05, 4.69) is 43.9 Å². The maximum atomic E-state index is 3.60. The molecule has 0 saturated heterocycles. The van der Waals surface area contributed by atoms with E-state index in [1.54, 1.807) is 6.20 Å². The van der Waals surface area contributed by atoms with Crippen LogP contribution in [0.4, 0.5) is 0 Å². The molecule has 0 unspecified atom stereocenters. The van der Waals surface area contributed by atoms with Gasteiger partial charge in [-0.25, -0.2) is 0 Å². The number of rotatable bonds is 3. The molecule has 1 heteroatoms. The third kappa shape index (κ3) is 2.12. The van der Waals surface area contributed by atoms with Crippen LogP contribution in [-0.2, 0) is 6.54 Å². The van der Waals surface area contributed by atoms with Crippen molar-refractivity contribution in [1.29, 1.82) is 0 Å². The van der Waals surface area contributed by atoms with Crippen molar-refractivity contribution in [2.45, 2.75) is 20.4 Å². The lowest BCUT2D eigenvalue weighted by atomic mass is 10.1. The van der Waals surface area contributed by atoms with Gasteiger partial charge in [0, 0.05) is 6.54 Å². The van der Waals surface area contributed by atoms with Crippen LogP contribution >= 0.6 is 0 Å². The molecule has 0 bridgehead atoms. The van der Waals surface area contributed by atoms with E-state index < -0.39 is 0 Å². The maximum Gasteiger partial charge on any atom is 0.0395 e. The van der Waals surface area contributed by atoms with Gasteiger partial charge in [0.25, 0.3) is 0 Å². The molecule has 0 atom stereocenters. The summed E-state index contributed by atoms with van der Waals surface area (Å²) >= 11 is 0. The van der Waals surface area contributed by atoms with Gasteiger partial charge in [0.2, 0.25) is 0 Å². The van der Waals surface area contributed by atoms with Gasteiger partial charge >= 0.3 is 0 Å². The molecular formula is C11H15N. The van der Waals surface area contributed by atoms with Crippen LogP contribution in [0.15, 0.2) is 31.0 Å². The Kier molecular flexibility index (Phi) is 2.92. The van der Waals surface area contributed by atoms with Crippen LogP contribution in [0.1, 0.15) is 16.7 Å². The fraction of sp³-hybridized carbons (Fsp3) is 0.273. The molecule has 12 heavy (non-hydrogen) atoms. The zero-order chi connectivity index (χ0) is 8.97. The molecular weight excluding hydrogens is 146 g/mol. The van der Waals surface area contributed by atoms with Gasteiger partial charge in [0.05, 0.1) is 0 Å². The van der Waals surface area contributed by atoms with Gasteiger partial charge < -0.3 is 5.32 Å². The van der Waals surface area contributed by atoms with E-state index in [9.17, 15) is 0 Å². The van der Waals surface area contributed by atoms with Crippen LogP contribution in [0.3, 0.4) is 0 Å². The van der Waals surface area contributed by atoms with Crippen molar-refractivity contribution in [3.63, 3.8) is 0 Å². The lowest BCUT2D eigenvalue weighted by molar-refractivity contribution is 0.870. The van der Waals surface area contributed by atoms with Crippen LogP contribution in [0.25, 0.3) is 0 Å². The summed E-state index contributed by atoms with van der Waals surface area (Å²) in [6, 6.07) is 6.49. The zero-order valence-corrected chi connectivity index (χ0v) is 7.72. The molecule has 0 aromatic heterocycles. The molecule has 0 aliphatic heterocycles. The lowest BCUT2D eigenvalue weighted by Gasteiger charge is -2.04. The fourth-order valence-corrected chi connectivity index (χ4v) is 1.10. The molecule has 64 valence electrons. The Balaban J connectivity index is 2.75. The van der Waals surface area contributed by atoms with Gasteiger partial charge in [-0.1, -0.05) is 24.8 Å². The maximum absolute atomic E-state index is 3.60.